The van der Waals surface area contributed by atoms with Crippen molar-refractivity contribution in [1.29, 1.82) is 0 Å². The van der Waals surface area contributed by atoms with Crippen molar-refractivity contribution in [2.24, 2.45) is 0 Å². The number of fused-ring (bicyclic) bond motifs is 1. The topological polar surface area (TPSA) is 0 Å². The quantitative estimate of drug-likeness (QED) is 0.629. The molecule has 61 valence electrons. The summed E-state index contributed by atoms with van der Waals surface area (Å²) in [4.78, 5) is 0. The minimum Gasteiger partial charge on any atom is -0.207 e. The predicted molar refractivity (Wildman–Crippen MR) is 50.8 cm³/mol. The standard InChI is InChI=1S/C10H8FS/c1-2-7-6-12-10-4-3-8(11)5-9(7)10/h3-6H,1-2H2. The molecule has 0 amide bonds. The summed E-state index contributed by atoms with van der Waals surface area (Å²) in [5.74, 6) is -0.171. The van der Waals surface area contributed by atoms with Gasteiger partial charge in [0.05, 0.1) is 0 Å². The van der Waals surface area contributed by atoms with Crippen LogP contribution in [0.3, 0.4) is 0 Å². The number of hydrogen-bond acceptors (Lipinski definition) is 1. The molecule has 0 bridgehead atoms. The van der Waals surface area contributed by atoms with E-state index in [2.05, 4.69) is 6.92 Å². The fourth-order valence-corrected chi connectivity index (χ4v) is 2.23. The Labute approximate surface area is 74.6 Å². The second-order valence-electron chi connectivity index (χ2n) is 2.65. The van der Waals surface area contributed by atoms with Crippen molar-refractivity contribution < 1.29 is 4.39 Å². The van der Waals surface area contributed by atoms with E-state index in [1.54, 1.807) is 17.4 Å². The minimum absolute atomic E-state index is 0.171. The molecule has 0 aliphatic carbocycles. The number of thiophene rings is 1. The van der Waals surface area contributed by atoms with E-state index in [1.807, 2.05) is 11.4 Å². The maximum atomic E-state index is 12.8. The highest BCUT2D eigenvalue weighted by atomic mass is 32.1. The summed E-state index contributed by atoms with van der Waals surface area (Å²) in [5.41, 5.74) is 1.13. The van der Waals surface area contributed by atoms with Crippen LogP contribution in [0.5, 0.6) is 0 Å². The largest absolute Gasteiger partial charge is 0.207 e. The third-order valence-electron chi connectivity index (χ3n) is 1.89. The van der Waals surface area contributed by atoms with E-state index in [0.717, 1.165) is 22.1 Å². The second-order valence-corrected chi connectivity index (χ2v) is 3.56. The Bertz CT molecular complexity index is 403. The Kier molecular flexibility index (Phi) is 1.85. The first kappa shape index (κ1) is 7.74. The second kappa shape index (κ2) is 2.87. The van der Waals surface area contributed by atoms with E-state index in [0.29, 0.717) is 0 Å². The van der Waals surface area contributed by atoms with Gasteiger partial charge in [-0.2, -0.15) is 0 Å². The Balaban J connectivity index is 2.75. The Morgan fingerprint density at radius 3 is 3.00 bits per heavy atom. The molecule has 2 aromatic rings. The summed E-state index contributed by atoms with van der Waals surface area (Å²) in [6.07, 6.45) is 0.726. The van der Waals surface area contributed by atoms with Crippen molar-refractivity contribution in [2.45, 2.75) is 6.42 Å². The summed E-state index contributed by atoms with van der Waals surface area (Å²) in [7, 11) is 0. The van der Waals surface area contributed by atoms with E-state index in [4.69, 9.17) is 0 Å². The molecule has 1 radical (unpaired) electrons. The lowest BCUT2D eigenvalue weighted by molar-refractivity contribution is 0.630. The maximum Gasteiger partial charge on any atom is 0.123 e. The van der Waals surface area contributed by atoms with Crippen LogP contribution < -0.4 is 0 Å². The van der Waals surface area contributed by atoms with Gasteiger partial charge in [-0.25, -0.2) is 4.39 Å². The highest BCUT2D eigenvalue weighted by molar-refractivity contribution is 7.17. The van der Waals surface area contributed by atoms with Crippen molar-refractivity contribution in [3.8, 4) is 0 Å². The number of halogens is 1. The van der Waals surface area contributed by atoms with Crippen molar-refractivity contribution in [3.63, 3.8) is 0 Å². The van der Waals surface area contributed by atoms with Crippen LogP contribution in [0, 0.1) is 12.7 Å². The number of hydrogen-bond donors (Lipinski definition) is 0. The molecule has 0 nitrogen and oxygen atoms in total. The Morgan fingerprint density at radius 2 is 2.25 bits per heavy atom. The first-order chi connectivity index (χ1) is 5.81. The molecule has 1 aromatic heterocycles. The van der Waals surface area contributed by atoms with Crippen LogP contribution in [-0.4, -0.2) is 0 Å². The van der Waals surface area contributed by atoms with Crippen LogP contribution in [0.1, 0.15) is 5.56 Å². The van der Waals surface area contributed by atoms with Gasteiger partial charge in [-0.05, 0) is 47.9 Å². The molecule has 2 rings (SSSR count). The monoisotopic (exact) mass is 179 g/mol. The fourth-order valence-electron chi connectivity index (χ4n) is 1.25. The zero-order valence-electron chi connectivity index (χ0n) is 6.51. The molecule has 0 spiro atoms. The molecule has 2 heteroatoms. The Morgan fingerprint density at radius 1 is 1.42 bits per heavy atom. The van der Waals surface area contributed by atoms with Crippen molar-refractivity contribution in [1.82, 2.24) is 0 Å². The van der Waals surface area contributed by atoms with Crippen LogP contribution in [0.4, 0.5) is 4.39 Å². The van der Waals surface area contributed by atoms with Gasteiger partial charge in [0.15, 0.2) is 0 Å². The highest BCUT2D eigenvalue weighted by Gasteiger charge is 2.02. The van der Waals surface area contributed by atoms with E-state index >= 15 is 0 Å². The summed E-state index contributed by atoms with van der Waals surface area (Å²) in [6, 6.07) is 4.88. The van der Waals surface area contributed by atoms with Crippen molar-refractivity contribution in [3.05, 3.63) is 41.9 Å². The minimum atomic E-state index is -0.171. The van der Waals surface area contributed by atoms with Gasteiger partial charge in [0, 0.05) is 4.70 Å². The molecular formula is C10H8FS. The van der Waals surface area contributed by atoms with Gasteiger partial charge in [0.1, 0.15) is 5.82 Å². The lowest BCUT2D eigenvalue weighted by Gasteiger charge is -1.93. The first-order valence-electron chi connectivity index (χ1n) is 3.76. The van der Waals surface area contributed by atoms with Gasteiger partial charge >= 0.3 is 0 Å². The first-order valence-corrected chi connectivity index (χ1v) is 4.64. The average Bonchev–Trinajstić information content (AvgIpc) is 2.46. The predicted octanol–water partition coefficient (Wildman–Crippen LogP) is 3.42. The molecule has 12 heavy (non-hydrogen) atoms. The number of rotatable bonds is 1. The van der Waals surface area contributed by atoms with Gasteiger partial charge < -0.3 is 0 Å². The molecule has 1 aromatic carbocycles. The van der Waals surface area contributed by atoms with E-state index < -0.39 is 0 Å². The summed E-state index contributed by atoms with van der Waals surface area (Å²) >= 11 is 1.64. The molecule has 1 heterocycles. The maximum absolute atomic E-state index is 12.8. The summed E-state index contributed by atoms with van der Waals surface area (Å²) < 4.78 is 13.9. The molecule has 0 aliphatic rings. The third-order valence-corrected chi connectivity index (χ3v) is 2.90. The molecule has 0 aliphatic heterocycles. The normalized spacial score (nSPS) is 10.8. The molecule has 0 fully saturated rings. The summed E-state index contributed by atoms with van der Waals surface area (Å²) in [5, 5.41) is 3.05. The molecule has 0 saturated heterocycles. The molecule has 0 saturated carbocycles. The molecular weight excluding hydrogens is 171 g/mol. The fraction of sp³-hybridized carbons (Fsp3) is 0.100. The lowest BCUT2D eigenvalue weighted by atomic mass is 10.1. The number of benzene rings is 1. The van der Waals surface area contributed by atoms with Crippen LogP contribution >= 0.6 is 11.3 Å². The zero-order valence-corrected chi connectivity index (χ0v) is 7.33. The van der Waals surface area contributed by atoms with Gasteiger partial charge in [-0.15, -0.1) is 11.3 Å². The zero-order chi connectivity index (χ0) is 8.55. The molecule has 0 N–H and O–H groups in total. The third kappa shape index (κ3) is 1.12. The van der Waals surface area contributed by atoms with Crippen molar-refractivity contribution >= 4 is 21.4 Å². The molecule has 0 atom stereocenters. The van der Waals surface area contributed by atoms with Crippen LogP contribution in [0.2, 0.25) is 0 Å². The average molecular weight is 179 g/mol. The Hall–Kier alpha value is -0.890. The van der Waals surface area contributed by atoms with Crippen LogP contribution in [-0.2, 0) is 6.42 Å². The van der Waals surface area contributed by atoms with E-state index in [-0.39, 0.29) is 5.82 Å². The highest BCUT2D eigenvalue weighted by Crippen LogP contribution is 2.26. The van der Waals surface area contributed by atoms with Gasteiger partial charge in [0.25, 0.3) is 0 Å². The summed E-state index contributed by atoms with van der Waals surface area (Å²) in [6.45, 7) is 3.79. The lowest BCUT2D eigenvalue weighted by Crippen LogP contribution is -1.77. The molecule has 0 unspecified atom stereocenters. The van der Waals surface area contributed by atoms with E-state index in [1.165, 1.54) is 6.07 Å². The SMILES string of the molecule is [CH2]Cc1csc2ccc(F)cc12. The van der Waals surface area contributed by atoms with Gasteiger partial charge in [-0.1, -0.05) is 0 Å². The van der Waals surface area contributed by atoms with Gasteiger partial charge in [-0.3, -0.25) is 0 Å². The van der Waals surface area contributed by atoms with Crippen molar-refractivity contribution in [2.75, 3.05) is 0 Å². The van der Waals surface area contributed by atoms with E-state index in [9.17, 15) is 4.39 Å². The van der Waals surface area contributed by atoms with Crippen LogP contribution in [0.15, 0.2) is 23.6 Å². The van der Waals surface area contributed by atoms with Gasteiger partial charge in [0.2, 0.25) is 0 Å². The smallest absolute Gasteiger partial charge is 0.123 e. The van der Waals surface area contributed by atoms with Crippen LogP contribution in [0.25, 0.3) is 10.1 Å².